The van der Waals surface area contributed by atoms with Gasteiger partial charge in [-0.25, -0.2) is 4.79 Å². The molecule has 0 amide bonds. The van der Waals surface area contributed by atoms with Crippen LogP contribution in [0.5, 0.6) is 5.75 Å². The molecular formula is C20H34O5Si. The van der Waals surface area contributed by atoms with Crippen molar-refractivity contribution in [2.24, 2.45) is 0 Å². The van der Waals surface area contributed by atoms with Crippen LogP contribution >= 0.6 is 0 Å². The number of rotatable bonds is 9. The van der Waals surface area contributed by atoms with Crippen LogP contribution in [0.1, 0.15) is 40.2 Å². The minimum Gasteiger partial charge on any atom is -0.491 e. The predicted molar refractivity (Wildman–Crippen MR) is 106 cm³/mol. The summed E-state index contributed by atoms with van der Waals surface area (Å²) in [5, 5.41) is 8.82. The maximum absolute atomic E-state index is 12.6. The van der Waals surface area contributed by atoms with Crippen LogP contribution in [0.2, 0.25) is 18.1 Å². The van der Waals surface area contributed by atoms with Gasteiger partial charge in [0.05, 0.1) is 12.7 Å². The van der Waals surface area contributed by atoms with Crippen molar-refractivity contribution in [1.82, 2.24) is 0 Å². The van der Waals surface area contributed by atoms with Gasteiger partial charge in [0, 0.05) is 6.42 Å². The fourth-order valence-corrected chi connectivity index (χ4v) is 3.36. The number of aliphatic hydroxyl groups is 1. The lowest BCUT2D eigenvalue weighted by molar-refractivity contribution is -0.156. The van der Waals surface area contributed by atoms with Crippen LogP contribution in [0.4, 0.5) is 0 Å². The van der Waals surface area contributed by atoms with Crippen molar-refractivity contribution in [2.75, 3.05) is 13.2 Å². The highest BCUT2D eigenvalue weighted by Crippen LogP contribution is 2.37. The van der Waals surface area contributed by atoms with Crippen LogP contribution in [0, 0.1) is 0 Å². The summed E-state index contributed by atoms with van der Waals surface area (Å²) in [4.78, 5) is 12.6. The van der Waals surface area contributed by atoms with Crippen molar-refractivity contribution in [3.05, 3.63) is 29.8 Å². The number of benzene rings is 1. The second-order valence-electron chi connectivity index (χ2n) is 8.27. The van der Waals surface area contributed by atoms with E-state index in [2.05, 4.69) is 33.9 Å². The summed E-state index contributed by atoms with van der Waals surface area (Å²) in [6, 6.07) is 7.50. The smallest absolute Gasteiger partial charge is 0.334 e. The Balaban J connectivity index is 2.93. The lowest BCUT2D eigenvalue weighted by atomic mass is 10.1. The molecule has 0 saturated heterocycles. The lowest BCUT2D eigenvalue weighted by Crippen LogP contribution is -2.47. The van der Waals surface area contributed by atoms with Gasteiger partial charge in [-0.05, 0) is 49.7 Å². The van der Waals surface area contributed by atoms with Gasteiger partial charge >= 0.3 is 5.97 Å². The zero-order valence-electron chi connectivity index (χ0n) is 17.2. The first-order chi connectivity index (χ1) is 12.0. The summed E-state index contributed by atoms with van der Waals surface area (Å²) in [6.07, 6.45) is -0.344. The first kappa shape index (κ1) is 22.7. The van der Waals surface area contributed by atoms with Crippen LogP contribution in [-0.2, 0) is 20.4 Å². The molecule has 0 unspecified atom stereocenters. The van der Waals surface area contributed by atoms with Crippen LogP contribution < -0.4 is 4.74 Å². The molecule has 0 aliphatic heterocycles. The summed E-state index contributed by atoms with van der Waals surface area (Å²) in [6.45, 7) is 14.6. The van der Waals surface area contributed by atoms with E-state index in [9.17, 15) is 4.79 Å². The molecule has 0 radical (unpaired) electrons. The summed E-state index contributed by atoms with van der Waals surface area (Å²) in [5.74, 6) is 0.375. The van der Waals surface area contributed by atoms with E-state index in [1.807, 2.05) is 38.1 Å². The van der Waals surface area contributed by atoms with Crippen molar-refractivity contribution >= 4 is 14.3 Å². The van der Waals surface area contributed by atoms with Gasteiger partial charge in [-0.3, -0.25) is 0 Å². The van der Waals surface area contributed by atoms with E-state index in [1.165, 1.54) is 0 Å². The van der Waals surface area contributed by atoms with Crippen molar-refractivity contribution in [2.45, 2.75) is 71.4 Å². The largest absolute Gasteiger partial charge is 0.491 e. The highest BCUT2D eigenvalue weighted by Gasteiger charge is 2.41. The number of esters is 1. The zero-order valence-corrected chi connectivity index (χ0v) is 18.2. The van der Waals surface area contributed by atoms with E-state index in [0.29, 0.717) is 12.2 Å². The predicted octanol–water partition coefficient (Wildman–Crippen LogP) is 3.94. The molecular weight excluding hydrogens is 348 g/mol. The molecule has 5 nitrogen and oxygen atoms in total. The van der Waals surface area contributed by atoms with Gasteiger partial charge in [-0.1, -0.05) is 32.9 Å². The summed E-state index contributed by atoms with van der Waals surface area (Å²) >= 11 is 0. The SMILES string of the molecule is CC(C)OC(=O)[C@H](Cc1ccc(OCCO)cc1)O[Si](C)(C)C(C)(C)C. The molecule has 1 atom stereocenters. The minimum atomic E-state index is -2.12. The lowest BCUT2D eigenvalue weighted by Gasteiger charge is -2.38. The summed E-state index contributed by atoms with van der Waals surface area (Å²) < 4.78 is 17.2. The highest BCUT2D eigenvalue weighted by molar-refractivity contribution is 6.74. The maximum atomic E-state index is 12.6. The van der Waals surface area contributed by atoms with Gasteiger partial charge in [-0.15, -0.1) is 0 Å². The van der Waals surface area contributed by atoms with E-state index < -0.39 is 14.4 Å². The van der Waals surface area contributed by atoms with Gasteiger partial charge in [0.25, 0.3) is 0 Å². The third kappa shape index (κ3) is 7.09. The molecule has 0 aromatic heterocycles. The Morgan fingerprint density at radius 1 is 1.15 bits per heavy atom. The van der Waals surface area contributed by atoms with Crippen molar-refractivity contribution in [3.63, 3.8) is 0 Å². The Hall–Kier alpha value is -1.37. The molecule has 6 heteroatoms. The van der Waals surface area contributed by atoms with Crippen LogP contribution in [0.3, 0.4) is 0 Å². The number of hydrogen-bond acceptors (Lipinski definition) is 5. The molecule has 1 N–H and O–H groups in total. The Morgan fingerprint density at radius 2 is 1.73 bits per heavy atom. The number of ether oxygens (including phenoxy) is 2. The van der Waals surface area contributed by atoms with Crippen LogP contribution in [-0.4, -0.2) is 44.8 Å². The Bertz CT molecular complexity index is 561. The second-order valence-corrected chi connectivity index (χ2v) is 13.0. The topological polar surface area (TPSA) is 65.0 Å². The number of carbonyl (C=O) groups excluding carboxylic acids is 1. The Labute approximate surface area is 158 Å². The summed E-state index contributed by atoms with van der Waals surface area (Å²) in [7, 11) is -2.12. The average Bonchev–Trinajstić information content (AvgIpc) is 2.51. The van der Waals surface area contributed by atoms with Crippen molar-refractivity contribution in [1.29, 1.82) is 0 Å². The van der Waals surface area contributed by atoms with Gasteiger partial charge in [0.15, 0.2) is 8.32 Å². The molecule has 1 aromatic carbocycles. The molecule has 0 heterocycles. The molecule has 0 fully saturated rings. The van der Waals surface area contributed by atoms with Crippen LogP contribution in [0.15, 0.2) is 24.3 Å². The Kier molecular flexibility index (Phi) is 8.31. The number of hydrogen-bond donors (Lipinski definition) is 1. The van der Waals surface area contributed by atoms with Gasteiger partial charge in [0.1, 0.15) is 18.5 Å². The highest BCUT2D eigenvalue weighted by atomic mass is 28.4. The molecule has 0 aliphatic rings. The monoisotopic (exact) mass is 382 g/mol. The van der Waals surface area contributed by atoms with E-state index in [0.717, 1.165) is 5.56 Å². The van der Waals surface area contributed by atoms with Crippen molar-refractivity contribution in [3.8, 4) is 5.75 Å². The van der Waals surface area contributed by atoms with Crippen LogP contribution in [0.25, 0.3) is 0 Å². The van der Waals surface area contributed by atoms with Gasteiger partial charge < -0.3 is 19.0 Å². The van der Waals surface area contributed by atoms with Gasteiger partial charge in [0.2, 0.25) is 0 Å². The maximum Gasteiger partial charge on any atom is 0.334 e. The molecule has 0 spiro atoms. The molecule has 148 valence electrons. The van der Waals surface area contributed by atoms with E-state index in [1.54, 1.807) is 0 Å². The fourth-order valence-electron chi connectivity index (χ4n) is 2.11. The zero-order chi connectivity index (χ0) is 20.0. The van der Waals surface area contributed by atoms with Gasteiger partial charge in [-0.2, -0.15) is 0 Å². The van der Waals surface area contributed by atoms with E-state index in [-0.39, 0.29) is 30.3 Å². The quantitative estimate of drug-likeness (QED) is 0.518. The Morgan fingerprint density at radius 3 is 2.19 bits per heavy atom. The third-order valence-corrected chi connectivity index (χ3v) is 9.05. The van der Waals surface area contributed by atoms with E-state index in [4.69, 9.17) is 19.0 Å². The molecule has 0 aliphatic carbocycles. The number of aliphatic hydroxyl groups excluding tert-OH is 1. The minimum absolute atomic E-state index is 0.00531. The molecule has 1 aromatic rings. The summed E-state index contributed by atoms with van der Waals surface area (Å²) in [5.41, 5.74) is 0.978. The first-order valence-corrected chi connectivity index (χ1v) is 12.1. The molecule has 0 saturated carbocycles. The average molecular weight is 383 g/mol. The second kappa shape index (κ2) is 9.53. The molecule has 26 heavy (non-hydrogen) atoms. The molecule has 1 rings (SSSR count). The standard InChI is InChI=1S/C20H34O5Si/c1-15(2)24-19(22)18(25-26(6,7)20(3,4)5)14-16-8-10-17(11-9-16)23-13-12-21/h8-11,15,18,21H,12-14H2,1-7H3/t18-/m0/s1. The third-order valence-electron chi connectivity index (χ3n) is 4.56. The molecule has 0 bridgehead atoms. The van der Waals surface area contributed by atoms with Crippen molar-refractivity contribution < 1.29 is 23.8 Å². The number of carbonyl (C=O) groups is 1. The van der Waals surface area contributed by atoms with E-state index >= 15 is 0 Å². The fraction of sp³-hybridized carbons (Fsp3) is 0.650. The first-order valence-electron chi connectivity index (χ1n) is 9.17. The normalized spacial score (nSPS) is 13.6.